The minimum absolute atomic E-state index is 0.0271. The van der Waals surface area contributed by atoms with Crippen LogP contribution in [0.2, 0.25) is 0 Å². The van der Waals surface area contributed by atoms with Crippen molar-refractivity contribution in [3.63, 3.8) is 0 Å². The summed E-state index contributed by atoms with van der Waals surface area (Å²) in [5.74, 6) is -0.551. The predicted octanol–water partition coefficient (Wildman–Crippen LogP) is 3.31. The maximum Gasteiger partial charge on any atom is 0.355 e. The lowest BCUT2D eigenvalue weighted by Crippen LogP contribution is -2.29. The molecule has 5 nitrogen and oxygen atoms in total. The van der Waals surface area contributed by atoms with Gasteiger partial charge in [-0.25, -0.2) is 4.79 Å². The summed E-state index contributed by atoms with van der Waals surface area (Å²) < 4.78 is 10.3. The number of benzene rings is 1. The Morgan fingerprint density at radius 2 is 1.87 bits per heavy atom. The Kier molecular flexibility index (Phi) is 5.36. The van der Waals surface area contributed by atoms with Gasteiger partial charge in [-0.15, -0.1) is 0 Å². The van der Waals surface area contributed by atoms with Crippen LogP contribution in [0.1, 0.15) is 35.5 Å². The summed E-state index contributed by atoms with van der Waals surface area (Å²) in [5.41, 5.74) is 1.53. The molecule has 1 amide bonds. The molecule has 0 atom stereocenters. The standard InChI is InChI=1S/C18H19NO4/c1-12(2)23-18(21)16(11-15-5-4-10-22-15)19-17(20)14-8-6-13(3)7-9-14/h4-12H,1-3H3,(H,19,20). The van der Waals surface area contributed by atoms with Crippen molar-refractivity contribution in [2.24, 2.45) is 0 Å². The molecule has 0 aliphatic heterocycles. The lowest BCUT2D eigenvalue weighted by Gasteiger charge is -2.12. The van der Waals surface area contributed by atoms with E-state index in [-0.39, 0.29) is 17.7 Å². The van der Waals surface area contributed by atoms with Crippen LogP contribution in [0, 0.1) is 6.92 Å². The highest BCUT2D eigenvalue weighted by atomic mass is 16.5. The zero-order valence-electron chi connectivity index (χ0n) is 13.3. The van der Waals surface area contributed by atoms with E-state index in [9.17, 15) is 9.59 Å². The van der Waals surface area contributed by atoms with E-state index in [1.54, 1.807) is 38.1 Å². The maximum absolute atomic E-state index is 12.3. The zero-order chi connectivity index (χ0) is 16.8. The Bertz CT molecular complexity index is 697. The summed E-state index contributed by atoms with van der Waals surface area (Å²) in [6.45, 7) is 5.42. The second-order valence-corrected chi connectivity index (χ2v) is 5.35. The van der Waals surface area contributed by atoms with E-state index in [4.69, 9.17) is 9.15 Å². The molecule has 5 heteroatoms. The van der Waals surface area contributed by atoms with Crippen LogP contribution >= 0.6 is 0 Å². The predicted molar refractivity (Wildman–Crippen MR) is 86.6 cm³/mol. The Labute approximate surface area is 134 Å². The van der Waals surface area contributed by atoms with Gasteiger partial charge in [0.25, 0.3) is 5.91 Å². The smallest absolute Gasteiger partial charge is 0.355 e. The minimum atomic E-state index is -0.614. The molecule has 0 aliphatic carbocycles. The van der Waals surface area contributed by atoms with Crippen LogP contribution in [-0.4, -0.2) is 18.0 Å². The van der Waals surface area contributed by atoms with Crippen LogP contribution in [0.4, 0.5) is 0 Å². The van der Waals surface area contributed by atoms with Gasteiger partial charge in [0.05, 0.1) is 12.4 Å². The van der Waals surface area contributed by atoms with Gasteiger partial charge in [-0.1, -0.05) is 17.7 Å². The lowest BCUT2D eigenvalue weighted by atomic mass is 10.1. The summed E-state index contributed by atoms with van der Waals surface area (Å²) >= 11 is 0. The number of rotatable bonds is 5. The van der Waals surface area contributed by atoms with Crippen molar-refractivity contribution in [2.75, 3.05) is 0 Å². The van der Waals surface area contributed by atoms with E-state index >= 15 is 0 Å². The number of hydrogen-bond donors (Lipinski definition) is 1. The van der Waals surface area contributed by atoms with Crippen LogP contribution in [0.3, 0.4) is 0 Å². The van der Waals surface area contributed by atoms with Crippen molar-refractivity contribution in [1.29, 1.82) is 0 Å². The zero-order valence-corrected chi connectivity index (χ0v) is 13.3. The third kappa shape index (κ3) is 4.85. The van der Waals surface area contributed by atoms with Gasteiger partial charge in [0.15, 0.2) is 0 Å². The Balaban J connectivity index is 2.21. The fraction of sp³-hybridized carbons (Fsp3) is 0.222. The van der Waals surface area contributed by atoms with Crippen molar-refractivity contribution >= 4 is 18.0 Å². The first-order valence-electron chi connectivity index (χ1n) is 7.30. The SMILES string of the molecule is Cc1ccc(C(=O)NC(=Cc2ccco2)C(=O)OC(C)C)cc1. The lowest BCUT2D eigenvalue weighted by molar-refractivity contribution is -0.142. The van der Waals surface area contributed by atoms with E-state index in [0.717, 1.165) is 5.56 Å². The van der Waals surface area contributed by atoms with Crippen LogP contribution in [0.25, 0.3) is 6.08 Å². The molecule has 120 valence electrons. The van der Waals surface area contributed by atoms with Crippen molar-refractivity contribution in [3.8, 4) is 0 Å². The number of hydrogen-bond acceptors (Lipinski definition) is 4. The van der Waals surface area contributed by atoms with Crippen LogP contribution in [-0.2, 0) is 9.53 Å². The van der Waals surface area contributed by atoms with E-state index in [1.807, 2.05) is 19.1 Å². The molecule has 1 aromatic carbocycles. The van der Waals surface area contributed by atoms with Gasteiger partial charge in [0, 0.05) is 11.6 Å². The maximum atomic E-state index is 12.3. The molecule has 1 N–H and O–H groups in total. The first-order chi connectivity index (χ1) is 11.0. The second kappa shape index (κ2) is 7.45. The van der Waals surface area contributed by atoms with Crippen molar-refractivity contribution < 1.29 is 18.7 Å². The highest BCUT2D eigenvalue weighted by molar-refractivity contribution is 6.03. The fourth-order valence-electron chi connectivity index (χ4n) is 1.84. The fourth-order valence-corrected chi connectivity index (χ4v) is 1.84. The molecule has 2 aromatic rings. The molecule has 0 spiro atoms. The molecular formula is C18H19NO4. The summed E-state index contributed by atoms with van der Waals surface area (Å²) in [7, 11) is 0. The minimum Gasteiger partial charge on any atom is -0.465 e. The van der Waals surface area contributed by atoms with Gasteiger partial charge in [-0.2, -0.15) is 0 Å². The molecule has 0 saturated heterocycles. The molecule has 0 saturated carbocycles. The molecule has 0 fully saturated rings. The van der Waals surface area contributed by atoms with E-state index in [1.165, 1.54) is 12.3 Å². The Morgan fingerprint density at radius 3 is 2.43 bits per heavy atom. The molecule has 0 aliphatic rings. The molecule has 0 bridgehead atoms. The Hall–Kier alpha value is -2.82. The van der Waals surface area contributed by atoms with Crippen LogP contribution in [0.5, 0.6) is 0 Å². The van der Waals surface area contributed by atoms with Gasteiger partial charge in [0.2, 0.25) is 0 Å². The number of carbonyl (C=O) groups is 2. The van der Waals surface area contributed by atoms with E-state index in [0.29, 0.717) is 11.3 Å². The molecule has 0 unspecified atom stereocenters. The van der Waals surface area contributed by atoms with Crippen LogP contribution in [0.15, 0.2) is 52.8 Å². The van der Waals surface area contributed by atoms with E-state index < -0.39 is 5.97 Å². The van der Waals surface area contributed by atoms with Crippen molar-refractivity contribution in [2.45, 2.75) is 26.9 Å². The number of amides is 1. The highest BCUT2D eigenvalue weighted by Crippen LogP contribution is 2.10. The largest absolute Gasteiger partial charge is 0.465 e. The van der Waals surface area contributed by atoms with Gasteiger partial charge < -0.3 is 14.5 Å². The summed E-state index contributed by atoms with van der Waals surface area (Å²) in [4.78, 5) is 24.4. The third-order valence-corrected chi connectivity index (χ3v) is 2.95. The second-order valence-electron chi connectivity index (χ2n) is 5.35. The average Bonchev–Trinajstić information content (AvgIpc) is 2.99. The van der Waals surface area contributed by atoms with Crippen molar-refractivity contribution in [1.82, 2.24) is 5.32 Å². The van der Waals surface area contributed by atoms with E-state index in [2.05, 4.69) is 5.32 Å². The first kappa shape index (κ1) is 16.5. The summed E-state index contributed by atoms with van der Waals surface area (Å²) in [5, 5.41) is 2.58. The van der Waals surface area contributed by atoms with Gasteiger partial charge in [-0.05, 0) is 45.0 Å². The number of esters is 1. The third-order valence-electron chi connectivity index (χ3n) is 2.95. The number of ether oxygens (including phenoxy) is 1. The number of aryl methyl sites for hydroxylation is 1. The highest BCUT2D eigenvalue weighted by Gasteiger charge is 2.17. The monoisotopic (exact) mass is 313 g/mol. The molecule has 0 radical (unpaired) electrons. The summed E-state index contributed by atoms with van der Waals surface area (Å²) in [6, 6.07) is 10.4. The van der Waals surface area contributed by atoms with Crippen LogP contribution < -0.4 is 5.32 Å². The topological polar surface area (TPSA) is 68.5 Å². The normalized spacial score (nSPS) is 11.4. The first-order valence-corrected chi connectivity index (χ1v) is 7.30. The Morgan fingerprint density at radius 1 is 1.17 bits per heavy atom. The average molecular weight is 313 g/mol. The quantitative estimate of drug-likeness (QED) is 0.679. The van der Waals surface area contributed by atoms with Gasteiger partial charge in [0.1, 0.15) is 11.5 Å². The van der Waals surface area contributed by atoms with Gasteiger partial charge in [-0.3, -0.25) is 4.79 Å². The summed E-state index contributed by atoms with van der Waals surface area (Å²) in [6.07, 6.45) is 2.63. The number of nitrogens with one attached hydrogen (secondary N) is 1. The molecule has 23 heavy (non-hydrogen) atoms. The number of furan rings is 1. The molecule has 1 aromatic heterocycles. The number of carbonyl (C=O) groups excluding carboxylic acids is 2. The van der Waals surface area contributed by atoms with Crippen molar-refractivity contribution in [3.05, 3.63) is 65.2 Å². The molecule has 1 heterocycles. The molecule has 2 rings (SSSR count). The molecular weight excluding hydrogens is 294 g/mol. The van der Waals surface area contributed by atoms with Gasteiger partial charge >= 0.3 is 5.97 Å².